The molecule has 0 aromatic carbocycles. The van der Waals surface area contributed by atoms with Gasteiger partial charge in [-0.1, -0.05) is 20.3 Å². The van der Waals surface area contributed by atoms with Crippen LogP contribution in [-0.4, -0.2) is 11.7 Å². The van der Waals surface area contributed by atoms with Gasteiger partial charge >= 0.3 is 0 Å². The number of aliphatic hydroxyl groups excluding tert-OH is 1. The van der Waals surface area contributed by atoms with Crippen molar-refractivity contribution in [2.75, 3.05) is 6.61 Å². The molecule has 1 nitrogen and oxygen atoms in total. The maximum atomic E-state index is 8.95. The summed E-state index contributed by atoms with van der Waals surface area (Å²) in [6.07, 6.45) is 3.78. The molecule has 0 amide bonds. The molecule has 0 aliphatic heterocycles. The third-order valence-electron chi connectivity index (χ3n) is 2.90. The lowest BCUT2D eigenvalue weighted by atomic mass is 9.61. The molecule has 0 saturated heterocycles. The summed E-state index contributed by atoms with van der Waals surface area (Å²) in [6, 6.07) is 0. The van der Waals surface area contributed by atoms with Crippen LogP contribution >= 0.6 is 0 Å². The minimum absolute atomic E-state index is 0.286. The first kappa shape index (κ1) is 7.07. The van der Waals surface area contributed by atoms with Crippen molar-refractivity contribution in [2.45, 2.75) is 33.1 Å². The van der Waals surface area contributed by atoms with E-state index in [0.717, 1.165) is 5.92 Å². The van der Waals surface area contributed by atoms with E-state index in [2.05, 4.69) is 13.8 Å². The fraction of sp³-hybridized carbons (Fsp3) is 1.00. The minimum Gasteiger partial charge on any atom is -0.396 e. The molecule has 0 aromatic rings. The van der Waals surface area contributed by atoms with E-state index in [1.54, 1.807) is 0 Å². The molecule has 1 aliphatic carbocycles. The molecular formula is C8H16O. The summed E-state index contributed by atoms with van der Waals surface area (Å²) in [5.74, 6) is 0.794. The first-order valence-corrected chi connectivity index (χ1v) is 3.84. The lowest BCUT2D eigenvalue weighted by Gasteiger charge is -2.45. The quantitative estimate of drug-likeness (QED) is 0.601. The zero-order valence-corrected chi connectivity index (χ0v) is 6.35. The van der Waals surface area contributed by atoms with Crippen LogP contribution in [0, 0.1) is 11.3 Å². The van der Waals surface area contributed by atoms with Gasteiger partial charge in [-0.15, -0.1) is 0 Å². The zero-order chi connectivity index (χ0) is 6.91. The second-order valence-corrected chi connectivity index (χ2v) is 3.46. The summed E-state index contributed by atoms with van der Waals surface area (Å²) in [5, 5.41) is 8.95. The van der Waals surface area contributed by atoms with Gasteiger partial charge in [-0.05, 0) is 24.2 Å². The van der Waals surface area contributed by atoms with Gasteiger partial charge in [0.05, 0.1) is 0 Å². The predicted octanol–water partition coefficient (Wildman–Crippen LogP) is 1.81. The Morgan fingerprint density at radius 3 is 2.44 bits per heavy atom. The highest BCUT2D eigenvalue weighted by atomic mass is 16.3. The number of rotatable bonds is 2. The van der Waals surface area contributed by atoms with Crippen molar-refractivity contribution in [3.8, 4) is 0 Å². The summed E-state index contributed by atoms with van der Waals surface area (Å²) >= 11 is 0. The van der Waals surface area contributed by atoms with E-state index in [9.17, 15) is 0 Å². The highest BCUT2D eigenvalue weighted by Crippen LogP contribution is 2.47. The van der Waals surface area contributed by atoms with Crippen molar-refractivity contribution < 1.29 is 5.11 Å². The van der Waals surface area contributed by atoms with Crippen molar-refractivity contribution in [1.29, 1.82) is 0 Å². The Kier molecular flexibility index (Phi) is 1.80. The van der Waals surface area contributed by atoms with Crippen LogP contribution in [-0.2, 0) is 0 Å². The van der Waals surface area contributed by atoms with Crippen LogP contribution in [0.4, 0.5) is 0 Å². The van der Waals surface area contributed by atoms with E-state index in [1.165, 1.54) is 19.3 Å². The van der Waals surface area contributed by atoms with Gasteiger partial charge in [-0.3, -0.25) is 0 Å². The Bertz CT molecular complexity index is 94.7. The average molecular weight is 128 g/mol. The predicted molar refractivity (Wildman–Crippen MR) is 38.2 cm³/mol. The second-order valence-electron chi connectivity index (χ2n) is 3.46. The summed E-state index contributed by atoms with van der Waals surface area (Å²) < 4.78 is 0. The molecule has 1 fully saturated rings. The van der Waals surface area contributed by atoms with Crippen molar-refractivity contribution >= 4 is 0 Å². The number of hydrogen-bond donors (Lipinski definition) is 1. The van der Waals surface area contributed by atoms with Gasteiger partial charge in [0.25, 0.3) is 0 Å². The Morgan fingerprint density at radius 2 is 2.33 bits per heavy atom. The van der Waals surface area contributed by atoms with E-state index in [-0.39, 0.29) is 5.41 Å². The third kappa shape index (κ3) is 0.983. The van der Waals surface area contributed by atoms with E-state index in [1.807, 2.05) is 0 Å². The average Bonchev–Trinajstić information content (AvgIpc) is 1.85. The Labute approximate surface area is 57.1 Å². The van der Waals surface area contributed by atoms with Crippen LogP contribution in [0.5, 0.6) is 0 Å². The van der Waals surface area contributed by atoms with Gasteiger partial charge in [-0.2, -0.15) is 0 Å². The Hall–Kier alpha value is -0.0400. The van der Waals surface area contributed by atoms with Gasteiger partial charge < -0.3 is 5.11 Å². The third-order valence-corrected chi connectivity index (χ3v) is 2.90. The van der Waals surface area contributed by atoms with Crippen LogP contribution in [0.3, 0.4) is 0 Å². The van der Waals surface area contributed by atoms with Crippen LogP contribution in [0.15, 0.2) is 0 Å². The molecular weight excluding hydrogens is 112 g/mol. The summed E-state index contributed by atoms with van der Waals surface area (Å²) in [4.78, 5) is 0. The fourth-order valence-electron chi connectivity index (χ4n) is 1.75. The van der Waals surface area contributed by atoms with Crippen molar-refractivity contribution in [3.05, 3.63) is 0 Å². The molecule has 0 unspecified atom stereocenters. The van der Waals surface area contributed by atoms with Crippen molar-refractivity contribution in [3.63, 3.8) is 0 Å². The van der Waals surface area contributed by atoms with E-state index in [0.29, 0.717) is 6.61 Å². The standard InChI is InChI=1S/C8H16O/c1-3-7-4-5-8(7,2)6-9/h7,9H,3-6H2,1-2H3/t7-,8-/m0/s1. The molecule has 1 aliphatic rings. The van der Waals surface area contributed by atoms with Crippen LogP contribution < -0.4 is 0 Å². The molecule has 0 aromatic heterocycles. The highest BCUT2D eigenvalue weighted by molar-refractivity contribution is 4.90. The normalized spacial score (nSPS) is 42.3. The van der Waals surface area contributed by atoms with Gasteiger partial charge in [0.15, 0.2) is 0 Å². The summed E-state index contributed by atoms with van der Waals surface area (Å²) in [7, 11) is 0. The first-order chi connectivity index (χ1) is 4.23. The summed E-state index contributed by atoms with van der Waals surface area (Å²) in [5.41, 5.74) is 0.286. The molecule has 0 heterocycles. The molecule has 9 heavy (non-hydrogen) atoms. The number of hydrogen-bond acceptors (Lipinski definition) is 1. The molecule has 0 radical (unpaired) electrons. The van der Waals surface area contributed by atoms with E-state index < -0.39 is 0 Å². The minimum atomic E-state index is 0.286. The molecule has 2 atom stereocenters. The maximum Gasteiger partial charge on any atom is 0.0487 e. The topological polar surface area (TPSA) is 20.2 Å². The Balaban J connectivity index is 2.41. The molecule has 1 rings (SSSR count). The van der Waals surface area contributed by atoms with Gasteiger partial charge in [-0.25, -0.2) is 0 Å². The largest absolute Gasteiger partial charge is 0.396 e. The second kappa shape index (κ2) is 2.30. The number of aliphatic hydroxyl groups is 1. The van der Waals surface area contributed by atoms with E-state index >= 15 is 0 Å². The van der Waals surface area contributed by atoms with Crippen LogP contribution in [0.2, 0.25) is 0 Å². The van der Waals surface area contributed by atoms with Crippen molar-refractivity contribution in [1.82, 2.24) is 0 Å². The molecule has 1 saturated carbocycles. The molecule has 0 bridgehead atoms. The Morgan fingerprint density at radius 1 is 1.67 bits per heavy atom. The fourth-order valence-corrected chi connectivity index (χ4v) is 1.75. The smallest absolute Gasteiger partial charge is 0.0487 e. The van der Waals surface area contributed by atoms with Crippen LogP contribution in [0.25, 0.3) is 0 Å². The van der Waals surface area contributed by atoms with Gasteiger partial charge in [0.2, 0.25) is 0 Å². The van der Waals surface area contributed by atoms with Gasteiger partial charge in [0, 0.05) is 6.61 Å². The lowest BCUT2D eigenvalue weighted by molar-refractivity contribution is -0.0115. The van der Waals surface area contributed by atoms with Gasteiger partial charge in [0.1, 0.15) is 0 Å². The molecule has 1 N–H and O–H groups in total. The molecule has 0 spiro atoms. The highest BCUT2D eigenvalue weighted by Gasteiger charge is 2.40. The zero-order valence-electron chi connectivity index (χ0n) is 6.35. The van der Waals surface area contributed by atoms with Crippen LogP contribution in [0.1, 0.15) is 33.1 Å². The first-order valence-electron chi connectivity index (χ1n) is 3.84. The molecule has 1 heteroatoms. The maximum absolute atomic E-state index is 8.95. The summed E-state index contributed by atoms with van der Waals surface area (Å²) in [6.45, 7) is 4.77. The lowest BCUT2D eigenvalue weighted by Crippen LogP contribution is -2.40. The SMILES string of the molecule is CC[C@H]1CC[C@@]1(C)CO. The van der Waals surface area contributed by atoms with Crippen molar-refractivity contribution in [2.24, 2.45) is 11.3 Å². The molecule has 54 valence electrons. The monoisotopic (exact) mass is 128 g/mol. The van der Waals surface area contributed by atoms with E-state index in [4.69, 9.17) is 5.11 Å².